The zero-order valence-electron chi connectivity index (χ0n) is 20.2. The third-order valence-electron chi connectivity index (χ3n) is 7.20. The monoisotopic (exact) mass is 512 g/mol. The normalized spacial score (nSPS) is 23.3. The van der Waals surface area contributed by atoms with Crippen LogP contribution in [0.5, 0.6) is 0 Å². The summed E-state index contributed by atoms with van der Waals surface area (Å²) < 4.78 is 43.1. The molecule has 4 atom stereocenters. The molecule has 0 spiro atoms. The van der Waals surface area contributed by atoms with Crippen molar-refractivity contribution in [2.75, 3.05) is 18.0 Å². The van der Waals surface area contributed by atoms with Crippen LogP contribution in [0, 0.1) is 23.4 Å². The van der Waals surface area contributed by atoms with Gasteiger partial charge in [-0.25, -0.2) is 18.2 Å². The topological polar surface area (TPSA) is 113 Å². The zero-order valence-corrected chi connectivity index (χ0v) is 20.2. The minimum absolute atomic E-state index is 0.126. The van der Waals surface area contributed by atoms with Crippen molar-refractivity contribution >= 4 is 11.5 Å². The van der Waals surface area contributed by atoms with Crippen molar-refractivity contribution in [1.29, 1.82) is 0 Å². The SMILES string of the molecule is C[C@H]1CN(c2c(CC(=O)c3ccc(F)c(-c4c(F)cccc4F)n3)cnc3c2CC[C@@H]3O)C[C@@H](N)[C@@H]1O. The Bertz CT molecular complexity index is 1340. The second-order valence-electron chi connectivity index (χ2n) is 9.81. The van der Waals surface area contributed by atoms with Crippen molar-refractivity contribution in [1.82, 2.24) is 9.97 Å². The number of hydrogen-bond donors (Lipinski definition) is 3. The highest BCUT2D eigenvalue weighted by Gasteiger charge is 2.35. The molecule has 5 rings (SSSR count). The van der Waals surface area contributed by atoms with Crippen LogP contribution in [-0.2, 0) is 12.8 Å². The summed E-state index contributed by atoms with van der Waals surface area (Å²) in [7, 11) is 0. The summed E-state index contributed by atoms with van der Waals surface area (Å²) >= 11 is 0. The molecule has 0 saturated carbocycles. The minimum Gasteiger partial charge on any atom is -0.391 e. The predicted octanol–water partition coefficient (Wildman–Crippen LogP) is 3.11. The molecule has 4 N–H and O–H groups in total. The molecule has 3 heterocycles. The van der Waals surface area contributed by atoms with Crippen molar-refractivity contribution in [2.24, 2.45) is 11.7 Å². The van der Waals surface area contributed by atoms with E-state index in [0.29, 0.717) is 37.2 Å². The largest absolute Gasteiger partial charge is 0.391 e. The maximum Gasteiger partial charge on any atom is 0.185 e. The molecular weight excluding hydrogens is 485 g/mol. The van der Waals surface area contributed by atoms with Gasteiger partial charge in [-0.05, 0) is 37.1 Å². The van der Waals surface area contributed by atoms with Gasteiger partial charge in [-0.3, -0.25) is 9.78 Å². The Labute approximate surface area is 211 Å². The number of halogens is 3. The van der Waals surface area contributed by atoms with Gasteiger partial charge < -0.3 is 20.8 Å². The van der Waals surface area contributed by atoms with Gasteiger partial charge in [0.2, 0.25) is 0 Å². The third kappa shape index (κ3) is 4.60. The first-order valence-corrected chi connectivity index (χ1v) is 12.2. The van der Waals surface area contributed by atoms with Gasteiger partial charge in [-0.15, -0.1) is 0 Å². The second-order valence-corrected chi connectivity index (χ2v) is 9.81. The molecule has 1 aliphatic heterocycles. The van der Waals surface area contributed by atoms with E-state index in [1.165, 1.54) is 12.3 Å². The van der Waals surface area contributed by atoms with Crippen LogP contribution in [-0.4, -0.2) is 51.2 Å². The Morgan fingerprint density at radius 2 is 1.84 bits per heavy atom. The number of anilines is 1. The van der Waals surface area contributed by atoms with Crippen LogP contribution >= 0.6 is 0 Å². The quantitative estimate of drug-likeness (QED) is 0.451. The van der Waals surface area contributed by atoms with E-state index >= 15 is 0 Å². The van der Waals surface area contributed by atoms with Crippen molar-refractivity contribution in [2.45, 2.75) is 44.4 Å². The molecule has 0 amide bonds. The van der Waals surface area contributed by atoms with E-state index in [1.807, 2.05) is 11.8 Å². The van der Waals surface area contributed by atoms with E-state index in [9.17, 15) is 28.2 Å². The summed E-state index contributed by atoms with van der Waals surface area (Å²) in [4.78, 5) is 23.7. The predicted molar refractivity (Wildman–Crippen MR) is 130 cm³/mol. The van der Waals surface area contributed by atoms with E-state index in [-0.39, 0.29) is 18.0 Å². The zero-order chi connectivity index (χ0) is 26.4. The van der Waals surface area contributed by atoms with Gasteiger partial charge in [0.15, 0.2) is 5.78 Å². The first-order valence-electron chi connectivity index (χ1n) is 12.2. The number of nitrogens with two attached hydrogens (primary N) is 1. The van der Waals surface area contributed by atoms with Crippen LogP contribution in [0.3, 0.4) is 0 Å². The molecule has 1 fully saturated rings. The lowest BCUT2D eigenvalue weighted by molar-refractivity contribution is 0.0783. The highest BCUT2D eigenvalue weighted by Crippen LogP contribution is 2.40. The summed E-state index contributed by atoms with van der Waals surface area (Å²) in [6.45, 7) is 2.74. The first-order chi connectivity index (χ1) is 17.7. The van der Waals surface area contributed by atoms with Crippen molar-refractivity contribution in [3.8, 4) is 11.3 Å². The summed E-state index contributed by atoms with van der Waals surface area (Å²) in [6.07, 6.45) is 1.06. The fourth-order valence-electron chi connectivity index (χ4n) is 5.33. The molecular formula is C27H27F3N4O3. The highest BCUT2D eigenvalue weighted by molar-refractivity contribution is 5.97. The molecule has 2 aliphatic rings. The molecule has 1 aromatic carbocycles. The van der Waals surface area contributed by atoms with Crippen molar-refractivity contribution in [3.05, 3.63) is 76.5 Å². The fourth-order valence-corrected chi connectivity index (χ4v) is 5.33. The lowest BCUT2D eigenvalue weighted by Gasteiger charge is -2.41. The fraction of sp³-hybridized carbons (Fsp3) is 0.370. The number of nitrogens with zero attached hydrogens (tertiary/aromatic N) is 3. The van der Waals surface area contributed by atoms with E-state index in [0.717, 1.165) is 35.5 Å². The number of benzene rings is 1. The molecule has 7 nitrogen and oxygen atoms in total. The lowest BCUT2D eigenvalue weighted by Crippen LogP contribution is -2.56. The molecule has 3 aromatic rings. The van der Waals surface area contributed by atoms with Crippen molar-refractivity contribution < 1.29 is 28.2 Å². The number of aliphatic hydroxyl groups excluding tert-OH is 2. The summed E-state index contributed by atoms with van der Waals surface area (Å²) in [5, 5.41) is 20.7. The summed E-state index contributed by atoms with van der Waals surface area (Å²) in [5.74, 6) is -3.55. The van der Waals surface area contributed by atoms with Crippen LogP contribution in [0.4, 0.5) is 18.9 Å². The van der Waals surface area contributed by atoms with Crippen LogP contribution in [0.25, 0.3) is 11.3 Å². The lowest BCUT2D eigenvalue weighted by atomic mass is 9.91. The minimum atomic E-state index is -0.989. The van der Waals surface area contributed by atoms with Gasteiger partial charge in [0.05, 0.1) is 23.5 Å². The Morgan fingerprint density at radius 3 is 2.54 bits per heavy atom. The molecule has 1 saturated heterocycles. The Kier molecular flexibility index (Phi) is 6.74. The van der Waals surface area contributed by atoms with Crippen LogP contribution in [0.15, 0.2) is 36.5 Å². The first kappa shape index (κ1) is 25.3. The number of aromatic nitrogens is 2. The van der Waals surface area contributed by atoms with Gasteiger partial charge in [-0.2, -0.15) is 0 Å². The number of carbonyl (C=O) groups is 1. The number of pyridine rings is 2. The molecule has 10 heteroatoms. The standard InChI is InChI=1S/C27H27F3N4O3/c1-13-11-34(12-19(31)27(13)37)26-14(10-32-24-15(26)5-8-21(24)35)9-22(36)20-7-6-18(30)25(33-20)23-16(28)3-2-4-17(23)29/h2-4,6-7,10,13,19,21,27,35,37H,5,8-9,11-12,31H2,1H3/t13-,19+,21-,27+/m0/s1. The van der Waals surface area contributed by atoms with E-state index in [4.69, 9.17) is 5.73 Å². The average molecular weight is 513 g/mol. The summed E-state index contributed by atoms with van der Waals surface area (Å²) in [5.41, 5.74) is 7.51. The number of fused-ring (bicyclic) bond motifs is 1. The van der Waals surface area contributed by atoms with Gasteiger partial charge >= 0.3 is 0 Å². The second kappa shape index (κ2) is 9.85. The number of Topliss-reactive ketones (excluding diaryl/α,β-unsaturated/α-hetero) is 1. The van der Waals surface area contributed by atoms with E-state index in [1.54, 1.807) is 0 Å². The summed E-state index contributed by atoms with van der Waals surface area (Å²) in [6, 6.07) is 4.79. The van der Waals surface area contributed by atoms with Crippen LogP contribution in [0.2, 0.25) is 0 Å². The van der Waals surface area contributed by atoms with Gasteiger partial charge in [0.25, 0.3) is 0 Å². The molecule has 2 aromatic heterocycles. The Balaban J connectivity index is 1.52. The van der Waals surface area contributed by atoms with Crippen LogP contribution < -0.4 is 10.6 Å². The number of ketones is 1. The number of hydrogen-bond acceptors (Lipinski definition) is 7. The number of carbonyl (C=O) groups excluding carboxylic acids is 1. The number of rotatable bonds is 5. The molecule has 0 bridgehead atoms. The molecule has 1 aliphatic carbocycles. The molecule has 194 valence electrons. The van der Waals surface area contributed by atoms with E-state index in [2.05, 4.69) is 9.97 Å². The van der Waals surface area contributed by atoms with Crippen molar-refractivity contribution in [3.63, 3.8) is 0 Å². The van der Waals surface area contributed by atoms with Gasteiger partial charge in [0.1, 0.15) is 28.8 Å². The Hall–Kier alpha value is -3.34. The molecule has 0 radical (unpaired) electrons. The van der Waals surface area contributed by atoms with Gasteiger partial charge in [0, 0.05) is 54.5 Å². The van der Waals surface area contributed by atoms with Crippen LogP contribution in [0.1, 0.15) is 46.8 Å². The van der Waals surface area contributed by atoms with Gasteiger partial charge in [-0.1, -0.05) is 13.0 Å². The smallest absolute Gasteiger partial charge is 0.185 e. The average Bonchev–Trinajstić information content (AvgIpc) is 3.23. The Morgan fingerprint density at radius 1 is 1.11 bits per heavy atom. The maximum atomic E-state index is 14.5. The molecule has 0 unspecified atom stereocenters. The highest BCUT2D eigenvalue weighted by atomic mass is 19.1. The van der Waals surface area contributed by atoms with E-state index < -0.39 is 52.7 Å². The number of piperidine rings is 1. The number of aliphatic hydroxyl groups is 2. The molecule has 37 heavy (non-hydrogen) atoms. The third-order valence-corrected chi connectivity index (χ3v) is 7.20. The maximum absolute atomic E-state index is 14.5.